The molecule has 0 aliphatic carbocycles. The third kappa shape index (κ3) is 4.52. The van der Waals surface area contributed by atoms with Crippen LogP contribution in [-0.4, -0.2) is 66.6 Å². The first-order valence-corrected chi connectivity index (χ1v) is 10.2. The molecule has 0 spiro atoms. The first-order chi connectivity index (χ1) is 13.8. The molecule has 2 aliphatic heterocycles. The van der Waals surface area contributed by atoms with Crippen molar-refractivity contribution in [3.05, 3.63) is 48.8 Å². The van der Waals surface area contributed by atoms with E-state index < -0.39 is 0 Å². The molecule has 7 nitrogen and oxygen atoms in total. The highest BCUT2D eigenvalue weighted by Crippen LogP contribution is 2.23. The van der Waals surface area contributed by atoms with E-state index in [2.05, 4.69) is 55.0 Å². The van der Waals surface area contributed by atoms with Gasteiger partial charge in [-0.05, 0) is 37.0 Å². The van der Waals surface area contributed by atoms with E-state index in [4.69, 9.17) is 10.7 Å². The molecule has 0 atom stereocenters. The molecule has 1 aromatic heterocycles. The van der Waals surface area contributed by atoms with Gasteiger partial charge in [0.05, 0.1) is 0 Å². The molecule has 0 saturated carbocycles. The first kappa shape index (κ1) is 18.5. The number of nitrogens with two attached hydrogens (primary N) is 1. The molecule has 0 bridgehead atoms. The van der Waals surface area contributed by atoms with Crippen molar-refractivity contribution in [1.29, 1.82) is 0 Å². The highest BCUT2D eigenvalue weighted by atomic mass is 15.4. The maximum Gasteiger partial charge on any atom is 0.225 e. The molecule has 3 heterocycles. The number of hydrogen-bond donors (Lipinski definition) is 1. The zero-order chi connectivity index (χ0) is 19.2. The Balaban J connectivity index is 1.22. The summed E-state index contributed by atoms with van der Waals surface area (Å²) in [4.78, 5) is 20.2. The maximum atomic E-state index is 6.28. The fourth-order valence-electron chi connectivity index (χ4n) is 3.93. The molecule has 148 valence electrons. The van der Waals surface area contributed by atoms with E-state index in [-0.39, 0.29) is 0 Å². The van der Waals surface area contributed by atoms with Gasteiger partial charge >= 0.3 is 0 Å². The summed E-state index contributed by atoms with van der Waals surface area (Å²) in [6.45, 7) is 6.49. The van der Waals surface area contributed by atoms with Crippen LogP contribution in [0.2, 0.25) is 0 Å². The van der Waals surface area contributed by atoms with Gasteiger partial charge in [-0.25, -0.2) is 9.97 Å². The first-order valence-electron chi connectivity index (χ1n) is 10.2. The van der Waals surface area contributed by atoms with Crippen LogP contribution >= 0.6 is 0 Å². The number of hydrogen-bond acceptors (Lipinski definition) is 5. The van der Waals surface area contributed by atoms with Crippen LogP contribution in [0, 0.1) is 5.92 Å². The van der Waals surface area contributed by atoms with Crippen LogP contribution in [-0.2, 0) is 0 Å². The van der Waals surface area contributed by atoms with E-state index in [1.165, 1.54) is 18.5 Å². The minimum absolute atomic E-state index is 0.623. The SMILES string of the molecule is NC(=NCC1CCN(c2ccccc2)CC1)N1CCN(c2ncccn2)CC1. The molecule has 0 amide bonds. The minimum Gasteiger partial charge on any atom is -0.372 e. The summed E-state index contributed by atoms with van der Waals surface area (Å²) < 4.78 is 0. The average Bonchev–Trinajstić information content (AvgIpc) is 2.79. The lowest BCUT2D eigenvalue weighted by molar-refractivity contribution is 0.372. The van der Waals surface area contributed by atoms with Crippen LogP contribution in [0.1, 0.15) is 12.8 Å². The molecule has 7 heteroatoms. The molecular weight excluding hydrogens is 350 g/mol. The van der Waals surface area contributed by atoms with Gasteiger partial charge in [0.25, 0.3) is 0 Å². The lowest BCUT2D eigenvalue weighted by Crippen LogP contribution is -2.51. The Kier molecular flexibility index (Phi) is 5.89. The monoisotopic (exact) mass is 379 g/mol. The number of aliphatic imine (C=N–C) groups is 1. The summed E-state index contributed by atoms with van der Waals surface area (Å²) in [7, 11) is 0. The predicted octanol–water partition coefficient (Wildman–Crippen LogP) is 1.83. The van der Waals surface area contributed by atoms with Crippen molar-refractivity contribution in [2.75, 3.05) is 55.6 Å². The number of piperazine rings is 1. The molecule has 4 rings (SSSR count). The van der Waals surface area contributed by atoms with E-state index in [1.54, 1.807) is 12.4 Å². The zero-order valence-corrected chi connectivity index (χ0v) is 16.3. The molecule has 2 aromatic rings. The standard InChI is InChI=1S/C21H29N7/c22-20(27-13-15-28(16-14-27)21-23-9-4-10-24-21)25-17-18-7-11-26(12-8-18)19-5-2-1-3-6-19/h1-6,9-10,18H,7-8,11-17H2,(H2,22,25). The lowest BCUT2D eigenvalue weighted by atomic mass is 9.96. The second kappa shape index (κ2) is 8.91. The number of para-hydroxylation sites is 1. The van der Waals surface area contributed by atoms with Crippen molar-refractivity contribution >= 4 is 17.6 Å². The number of guanidine groups is 1. The van der Waals surface area contributed by atoms with Gasteiger partial charge in [0.15, 0.2) is 5.96 Å². The second-order valence-corrected chi connectivity index (χ2v) is 7.49. The summed E-state index contributed by atoms with van der Waals surface area (Å²) in [6.07, 6.45) is 5.91. The van der Waals surface area contributed by atoms with E-state index in [0.717, 1.165) is 51.8 Å². The fraction of sp³-hybridized carbons (Fsp3) is 0.476. The maximum absolute atomic E-state index is 6.28. The molecule has 0 radical (unpaired) electrons. The largest absolute Gasteiger partial charge is 0.372 e. The normalized spacial score (nSPS) is 19.1. The summed E-state index contributed by atoms with van der Waals surface area (Å²) >= 11 is 0. The third-order valence-electron chi connectivity index (χ3n) is 5.69. The topological polar surface area (TPSA) is 73.9 Å². The highest BCUT2D eigenvalue weighted by molar-refractivity contribution is 5.78. The molecular formula is C21H29N7. The van der Waals surface area contributed by atoms with Gasteiger partial charge in [-0.3, -0.25) is 4.99 Å². The zero-order valence-electron chi connectivity index (χ0n) is 16.3. The van der Waals surface area contributed by atoms with Crippen LogP contribution in [0.3, 0.4) is 0 Å². The predicted molar refractivity (Wildman–Crippen MR) is 114 cm³/mol. The Morgan fingerprint density at radius 3 is 2.25 bits per heavy atom. The van der Waals surface area contributed by atoms with Gasteiger partial charge in [-0.1, -0.05) is 18.2 Å². The number of aromatic nitrogens is 2. The number of rotatable bonds is 4. The van der Waals surface area contributed by atoms with Gasteiger partial charge in [-0.2, -0.15) is 0 Å². The van der Waals surface area contributed by atoms with Gasteiger partial charge in [0, 0.05) is 63.9 Å². The number of benzene rings is 1. The van der Waals surface area contributed by atoms with E-state index in [1.807, 2.05) is 6.07 Å². The van der Waals surface area contributed by atoms with Crippen LogP contribution in [0.25, 0.3) is 0 Å². The van der Waals surface area contributed by atoms with Crippen molar-refractivity contribution in [2.24, 2.45) is 16.6 Å². The lowest BCUT2D eigenvalue weighted by Gasteiger charge is -2.36. The Morgan fingerprint density at radius 2 is 1.57 bits per heavy atom. The van der Waals surface area contributed by atoms with Gasteiger partial charge in [0.2, 0.25) is 5.95 Å². The van der Waals surface area contributed by atoms with Gasteiger partial charge in [0.1, 0.15) is 0 Å². The van der Waals surface area contributed by atoms with Crippen molar-refractivity contribution < 1.29 is 0 Å². The van der Waals surface area contributed by atoms with Crippen molar-refractivity contribution in [2.45, 2.75) is 12.8 Å². The Labute approximate surface area is 166 Å². The van der Waals surface area contributed by atoms with Crippen LogP contribution in [0.4, 0.5) is 11.6 Å². The fourth-order valence-corrected chi connectivity index (χ4v) is 3.93. The Morgan fingerprint density at radius 1 is 0.893 bits per heavy atom. The van der Waals surface area contributed by atoms with Crippen molar-refractivity contribution in [1.82, 2.24) is 14.9 Å². The van der Waals surface area contributed by atoms with E-state index in [9.17, 15) is 0 Å². The highest BCUT2D eigenvalue weighted by Gasteiger charge is 2.22. The third-order valence-corrected chi connectivity index (χ3v) is 5.69. The summed E-state index contributed by atoms with van der Waals surface area (Å²) in [5.41, 5.74) is 7.61. The Hall–Kier alpha value is -2.83. The summed E-state index contributed by atoms with van der Waals surface area (Å²) in [5.74, 6) is 2.10. The van der Waals surface area contributed by atoms with Crippen LogP contribution in [0.5, 0.6) is 0 Å². The molecule has 2 aliphatic rings. The van der Waals surface area contributed by atoms with Crippen molar-refractivity contribution in [3.8, 4) is 0 Å². The minimum atomic E-state index is 0.623. The Bertz CT molecular complexity index is 749. The van der Waals surface area contributed by atoms with Gasteiger partial charge in [-0.15, -0.1) is 0 Å². The van der Waals surface area contributed by atoms with Crippen LogP contribution in [0.15, 0.2) is 53.8 Å². The molecule has 0 unspecified atom stereocenters. The summed E-state index contributed by atoms with van der Waals surface area (Å²) in [6, 6.07) is 12.5. The molecule has 2 fully saturated rings. The molecule has 1 aromatic carbocycles. The number of anilines is 2. The van der Waals surface area contributed by atoms with Crippen LogP contribution < -0.4 is 15.5 Å². The van der Waals surface area contributed by atoms with Gasteiger partial charge < -0.3 is 20.4 Å². The quantitative estimate of drug-likeness (QED) is 0.645. The number of piperidine rings is 1. The molecule has 28 heavy (non-hydrogen) atoms. The molecule has 2 N–H and O–H groups in total. The van der Waals surface area contributed by atoms with E-state index in [0.29, 0.717) is 11.9 Å². The smallest absolute Gasteiger partial charge is 0.225 e. The number of nitrogens with zero attached hydrogens (tertiary/aromatic N) is 6. The average molecular weight is 380 g/mol. The second-order valence-electron chi connectivity index (χ2n) is 7.49. The molecule has 2 saturated heterocycles. The van der Waals surface area contributed by atoms with Crippen molar-refractivity contribution in [3.63, 3.8) is 0 Å². The summed E-state index contributed by atoms with van der Waals surface area (Å²) in [5, 5.41) is 0. The van der Waals surface area contributed by atoms with E-state index >= 15 is 0 Å².